The lowest BCUT2D eigenvalue weighted by molar-refractivity contribution is -0.384. The largest absolute Gasteiger partial charge is 0.399 e. The summed E-state index contributed by atoms with van der Waals surface area (Å²) in [5.41, 5.74) is 6.86. The van der Waals surface area contributed by atoms with E-state index in [0.717, 1.165) is 13.1 Å². The third-order valence-corrected chi connectivity index (χ3v) is 2.30. The van der Waals surface area contributed by atoms with Gasteiger partial charge < -0.3 is 10.6 Å². The van der Waals surface area contributed by atoms with Crippen LogP contribution in [0, 0.1) is 10.1 Å². The molecule has 1 aromatic carbocycles. The van der Waals surface area contributed by atoms with Crippen LogP contribution in [-0.4, -0.2) is 18.0 Å². The molecule has 0 atom stereocenters. The molecule has 0 fully saturated rings. The zero-order valence-corrected chi connectivity index (χ0v) is 8.93. The van der Waals surface area contributed by atoms with Crippen molar-refractivity contribution in [2.24, 2.45) is 0 Å². The Bertz CT molecular complexity index is 362. The number of rotatable bonds is 4. The Balaban J connectivity index is 3.22. The van der Waals surface area contributed by atoms with Crippen molar-refractivity contribution in [3.8, 4) is 0 Å². The molecule has 5 nitrogen and oxygen atoms in total. The van der Waals surface area contributed by atoms with Gasteiger partial charge in [0.05, 0.1) is 4.92 Å². The Morgan fingerprint density at radius 1 is 1.40 bits per heavy atom. The van der Waals surface area contributed by atoms with Crippen LogP contribution in [0.1, 0.15) is 13.8 Å². The SMILES string of the molecule is CCN(CC)c1cc(N)ccc1[N+](=O)[O-]. The summed E-state index contributed by atoms with van der Waals surface area (Å²) in [7, 11) is 0. The summed E-state index contributed by atoms with van der Waals surface area (Å²) < 4.78 is 0. The smallest absolute Gasteiger partial charge is 0.292 e. The number of nitrogen functional groups attached to an aromatic ring is 1. The van der Waals surface area contributed by atoms with E-state index in [0.29, 0.717) is 11.4 Å². The average molecular weight is 209 g/mol. The number of hydrogen-bond acceptors (Lipinski definition) is 4. The molecule has 0 heterocycles. The molecule has 82 valence electrons. The first-order valence-electron chi connectivity index (χ1n) is 4.89. The van der Waals surface area contributed by atoms with E-state index in [9.17, 15) is 10.1 Å². The molecule has 0 unspecified atom stereocenters. The van der Waals surface area contributed by atoms with Crippen LogP contribution in [-0.2, 0) is 0 Å². The topological polar surface area (TPSA) is 72.4 Å². The average Bonchev–Trinajstić information content (AvgIpc) is 2.19. The van der Waals surface area contributed by atoms with Gasteiger partial charge in [0.1, 0.15) is 5.69 Å². The molecule has 1 aromatic rings. The lowest BCUT2D eigenvalue weighted by Crippen LogP contribution is -2.22. The molecule has 0 spiro atoms. The van der Waals surface area contributed by atoms with Crippen molar-refractivity contribution in [3.63, 3.8) is 0 Å². The highest BCUT2D eigenvalue weighted by Gasteiger charge is 2.17. The maximum absolute atomic E-state index is 10.8. The highest BCUT2D eigenvalue weighted by molar-refractivity contribution is 5.68. The second kappa shape index (κ2) is 4.63. The second-order valence-corrected chi connectivity index (χ2v) is 3.18. The van der Waals surface area contributed by atoms with Crippen molar-refractivity contribution in [1.82, 2.24) is 0 Å². The lowest BCUT2D eigenvalue weighted by atomic mass is 10.2. The van der Waals surface area contributed by atoms with Gasteiger partial charge in [0.15, 0.2) is 0 Å². The van der Waals surface area contributed by atoms with Gasteiger partial charge in [0.2, 0.25) is 0 Å². The van der Waals surface area contributed by atoms with Gasteiger partial charge in [-0.3, -0.25) is 10.1 Å². The number of anilines is 2. The number of nitro groups is 1. The zero-order valence-electron chi connectivity index (χ0n) is 8.93. The van der Waals surface area contributed by atoms with Gasteiger partial charge in [0, 0.05) is 24.8 Å². The molecule has 0 saturated carbocycles. The van der Waals surface area contributed by atoms with Crippen molar-refractivity contribution in [2.45, 2.75) is 13.8 Å². The fourth-order valence-corrected chi connectivity index (χ4v) is 1.51. The summed E-state index contributed by atoms with van der Waals surface area (Å²) in [6.45, 7) is 5.36. The van der Waals surface area contributed by atoms with Gasteiger partial charge in [-0.15, -0.1) is 0 Å². The Morgan fingerprint density at radius 3 is 2.47 bits per heavy atom. The molecule has 0 saturated heterocycles. The highest BCUT2D eigenvalue weighted by atomic mass is 16.6. The van der Waals surface area contributed by atoms with Gasteiger partial charge in [-0.05, 0) is 26.0 Å². The molecule has 0 aliphatic rings. The molecule has 0 radical (unpaired) electrons. The second-order valence-electron chi connectivity index (χ2n) is 3.18. The zero-order chi connectivity index (χ0) is 11.4. The van der Waals surface area contributed by atoms with E-state index in [1.165, 1.54) is 6.07 Å². The van der Waals surface area contributed by atoms with Crippen LogP contribution in [0.2, 0.25) is 0 Å². The van der Waals surface area contributed by atoms with Crippen molar-refractivity contribution in [1.29, 1.82) is 0 Å². The first-order chi connectivity index (χ1) is 7.10. The number of nitro benzene ring substituents is 1. The van der Waals surface area contributed by atoms with Crippen LogP contribution >= 0.6 is 0 Å². The van der Waals surface area contributed by atoms with E-state index >= 15 is 0 Å². The molecule has 0 aliphatic carbocycles. The Kier molecular flexibility index (Phi) is 3.49. The number of hydrogen-bond donors (Lipinski definition) is 1. The molecular formula is C10H15N3O2. The van der Waals surface area contributed by atoms with Crippen LogP contribution in [0.4, 0.5) is 17.1 Å². The van der Waals surface area contributed by atoms with Crippen molar-refractivity contribution >= 4 is 17.1 Å². The summed E-state index contributed by atoms with van der Waals surface area (Å²) in [5.74, 6) is 0. The van der Waals surface area contributed by atoms with E-state index in [1.807, 2.05) is 18.7 Å². The van der Waals surface area contributed by atoms with Gasteiger partial charge >= 0.3 is 0 Å². The number of nitrogens with two attached hydrogens (primary N) is 1. The minimum Gasteiger partial charge on any atom is -0.399 e. The molecular weight excluding hydrogens is 194 g/mol. The van der Waals surface area contributed by atoms with E-state index in [1.54, 1.807) is 12.1 Å². The van der Waals surface area contributed by atoms with Crippen LogP contribution < -0.4 is 10.6 Å². The predicted molar refractivity (Wildman–Crippen MR) is 61.1 cm³/mol. The van der Waals surface area contributed by atoms with Crippen molar-refractivity contribution in [3.05, 3.63) is 28.3 Å². The third kappa shape index (κ3) is 2.37. The lowest BCUT2D eigenvalue weighted by Gasteiger charge is -2.20. The fourth-order valence-electron chi connectivity index (χ4n) is 1.51. The van der Waals surface area contributed by atoms with E-state index < -0.39 is 0 Å². The van der Waals surface area contributed by atoms with Crippen molar-refractivity contribution < 1.29 is 4.92 Å². The summed E-state index contributed by atoms with van der Waals surface area (Å²) in [6.07, 6.45) is 0. The monoisotopic (exact) mass is 209 g/mol. The quantitative estimate of drug-likeness (QED) is 0.467. The molecule has 5 heteroatoms. The van der Waals surface area contributed by atoms with Crippen LogP contribution in [0.15, 0.2) is 18.2 Å². The molecule has 1 rings (SSSR count). The van der Waals surface area contributed by atoms with E-state index in [4.69, 9.17) is 5.73 Å². The molecule has 0 aromatic heterocycles. The van der Waals surface area contributed by atoms with Gasteiger partial charge in [-0.2, -0.15) is 0 Å². The first kappa shape index (κ1) is 11.3. The maximum atomic E-state index is 10.8. The summed E-state index contributed by atoms with van der Waals surface area (Å²) in [6, 6.07) is 4.64. The number of nitrogens with zero attached hydrogens (tertiary/aromatic N) is 2. The highest BCUT2D eigenvalue weighted by Crippen LogP contribution is 2.29. The standard InChI is InChI=1S/C10H15N3O2/c1-3-12(4-2)10-7-8(11)5-6-9(10)13(14)15/h5-7H,3-4,11H2,1-2H3. The fraction of sp³-hybridized carbons (Fsp3) is 0.400. The molecule has 0 aliphatic heterocycles. The van der Waals surface area contributed by atoms with Crippen LogP contribution in [0.25, 0.3) is 0 Å². The third-order valence-electron chi connectivity index (χ3n) is 2.30. The molecule has 0 bridgehead atoms. The minimum atomic E-state index is -0.382. The van der Waals surface area contributed by atoms with Gasteiger partial charge in [-0.25, -0.2) is 0 Å². The Morgan fingerprint density at radius 2 is 2.00 bits per heavy atom. The van der Waals surface area contributed by atoms with Crippen LogP contribution in [0.5, 0.6) is 0 Å². The minimum absolute atomic E-state index is 0.105. The summed E-state index contributed by atoms with van der Waals surface area (Å²) >= 11 is 0. The van der Waals surface area contributed by atoms with E-state index in [-0.39, 0.29) is 10.6 Å². The van der Waals surface area contributed by atoms with Gasteiger partial charge in [0.25, 0.3) is 5.69 Å². The number of benzene rings is 1. The summed E-state index contributed by atoms with van der Waals surface area (Å²) in [5, 5.41) is 10.8. The maximum Gasteiger partial charge on any atom is 0.292 e. The van der Waals surface area contributed by atoms with Gasteiger partial charge in [-0.1, -0.05) is 0 Å². The van der Waals surface area contributed by atoms with Crippen LogP contribution in [0.3, 0.4) is 0 Å². The first-order valence-corrected chi connectivity index (χ1v) is 4.89. The van der Waals surface area contributed by atoms with Crippen molar-refractivity contribution in [2.75, 3.05) is 23.7 Å². The summed E-state index contributed by atoms with van der Waals surface area (Å²) in [4.78, 5) is 12.3. The molecule has 2 N–H and O–H groups in total. The Hall–Kier alpha value is -1.78. The molecule has 0 amide bonds. The normalized spacial score (nSPS) is 10.0. The predicted octanol–water partition coefficient (Wildman–Crippen LogP) is 2.02. The molecule has 15 heavy (non-hydrogen) atoms. The van der Waals surface area contributed by atoms with E-state index in [2.05, 4.69) is 0 Å². The Labute approximate surface area is 88.6 Å².